The standard InChI is InChI=1S/C17H23NO3/c1-2-3-4-5-9-16(19)18-11-10-14-13(12-18)7-6-8-15(14)17(20)21/h6-8H,2-5,9-12H2,1H3,(H,20,21). The highest BCUT2D eigenvalue weighted by atomic mass is 16.4. The summed E-state index contributed by atoms with van der Waals surface area (Å²) < 4.78 is 0. The Morgan fingerprint density at radius 3 is 2.76 bits per heavy atom. The van der Waals surface area contributed by atoms with E-state index >= 15 is 0 Å². The topological polar surface area (TPSA) is 57.6 Å². The van der Waals surface area contributed by atoms with Crippen molar-refractivity contribution >= 4 is 11.9 Å². The molecule has 2 rings (SSSR count). The highest BCUT2D eigenvalue weighted by molar-refractivity contribution is 5.90. The minimum Gasteiger partial charge on any atom is -0.478 e. The van der Waals surface area contributed by atoms with Gasteiger partial charge in [-0.15, -0.1) is 0 Å². The normalized spacial score (nSPS) is 13.9. The SMILES string of the molecule is CCCCCCC(=O)N1CCc2c(cccc2C(=O)O)C1. The van der Waals surface area contributed by atoms with E-state index in [1.807, 2.05) is 11.0 Å². The Morgan fingerprint density at radius 1 is 1.24 bits per heavy atom. The summed E-state index contributed by atoms with van der Waals surface area (Å²) in [4.78, 5) is 25.3. The molecule has 1 amide bonds. The molecule has 0 bridgehead atoms. The summed E-state index contributed by atoms with van der Waals surface area (Å²) in [6, 6.07) is 5.33. The lowest BCUT2D eigenvalue weighted by molar-refractivity contribution is -0.132. The fourth-order valence-corrected chi connectivity index (χ4v) is 2.88. The summed E-state index contributed by atoms with van der Waals surface area (Å²) in [5.41, 5.74) is 2.24. The third-order valence-electron chi connectivity index (χ3n) is 4.09. The van der Waals surface area contributed by atoms with Crippen LogP contribution in [-0.2, 0) is 17.8 Å². The quantitative estimate of drug-likeness (QED) is 0.818. The van der Waals surface area contributed by atoms with Crippen molar-refractivity contribution in [1.82, 2.24) is 4.90 Å². The second kappa shape index (κ2) is 7.25. The molecule has 0 spiro atoms. The molecule has 0 radical (unpaired) electrons. The number of hydrogen-bond acceptors (Lipinski definition) is 2. The Labute approximate surface area is 125 Å². The Balaban J connectivity index is 1.98. The van der Waals surface area contributed by atoms with Crippen LogP contribution in [0.2, 0.25) is 0 Å². The molecule has 21 heavy (non-hydrogen) atoms. The fraction of sp³-hybridized carbons (Fsp3) is 0.529. The number of fused-ring (bicyclic) bond motifs is 1. The van der Waals surface area contributed by atoms with Crippen molar-refractivity contribution in [2.45, 2.75) is 52.0 Å². The lowest BCUT2D eigenvalue weighted by atomic mass is 9.94. The number of carboxylic acid groups (broad SMARTS) is 1. The van der Waals surface area contributed by atoms with Crippen LogP contribution < -0.4 is 0 Å². The number of benzene rings is 1. The molecule has 4 nitrogen and oxygen atoms in total. The number of hydrogen-bond donors (Lipinski definition) is 1. The zero-order valence-corrected chi connectivity index (χ0v) is 12.6. The number of aromatic carboxylic acids is 1. The number of rotatable bonds is 6. The first kappa shape index (κ1) is 15.5. The van der Waals surface area contributed by atoms with Crippen molar-refractivity contribution in [3.8, 4) is 0 Å². The zero-order chi connectivity index (χ0) is 15.2. The zero-order valence-electron chi connectivity index (χ0n) is 12.6. The van der Waals surface area contributed by atoms with Crippen molar-refractivity contribution in [2.24, 2.45) is 0 Å². The van der Waals surface area contributed by atoms with E-state index in [4.69, 9.17) is 0 Å². The van der Waals surface area contributed by atoms with Gasteiger partial charge in [-0.1, -0.05) is 38.3 Å². The van der Waals surface area contributed by atoms with E-state index in [1.165, 1.54) is 12.8 Å². The van der Waals surface area contributed by atoms with Gasteiger partial charge < -0.3 is 10.0 Å². The molecule has 0 aromatic heterocycles. The Morgan fingerprint density at radius 2 is 2.05 bits per heavy atom. The molecule has 0 unspecified atom stereocenters. The average molecular weight is 289 g/mol. The first-order valence-corrected chi connectivity index (χ1v) is 7.75. The smallest absolute Gasteiger partial charge is 0.335 e. The maximum absolute atomic E-state index is 12.2. The molecule has 114 valence electrons. The molecule has 0 fully saturated rings. The molecule has 1 aliphatic heterocycles. The lowest BCUT2D eigenvalue weighted by Crippen LogP contribution is -2.36. The molecule has 0 atom stereocenters. The van der Waals surface area contributed by atoms with Crippen molar-refractivity contribution in [2.75, 3.05) is 6.54 Å². The number of carboxylic acids is 1. The van der Waals surface area contributed by atoms with E-state index in [-0.39, 0.29) is 5.91 Å². The van der Waals surface area contributed by atoms with Gasteiger partial charge in [0.1, 0.15) is 0 Å². The van der Waals surface area contributed by atoms with Crippen LogP contribution in [0.4, 0.5) is 0 Å². The lowest BCUT2D eigenvalue weighted by Gasteiger charge is -2.29. The maximum atomic E-state index is 12.2. The summed E-state index contributed by atoms with van der Waals surface area (Å²) in [5.74, 6) is -0.691. The fourth-order valence-electron chi connectivity index (χ4n) is 2.88. The van der Waals surface area contributed by atoms with Crippen LogP contribution in [0.1, 0.15) is 60.5 Å². The predicted molar refractivity (Wildman–Crippen MR) is 81.3 cm³/mol. The predicted octanol–water partition coefficient (Wildman–Crippen LogP) is 3.24. The van der Waals surface area contributed by atoms with Crippen LogP contribution >= 0.6 is 0 Å². The van der Waals surface area contributed by atoms with Crippen LogP contribution in [0, 0.1) is 0 Å². The maximum Gasteiger partial charge on any atom is 0.335 e. The van der Waals surface area contributed by atoms with Crippen LogP contribution in [0.25, 0.3) is 0 Å². The molecule has 4 heteroatoms. The number of amides is 1. The Kier molecular flexibility index (Phi) is 5.37. The van der Waals surface area contributed by atoms with E-state index in [2.05, 4.69) is 6.92 Å². The summed E-state index contributed by atoms with van der Waals surface area (Å²) in [5, 5.41) is 9.20. The van der Waals surface area contributed by atoms with Crippen molar-refractivity contribution in [1.29, 1.82) is 0 Å². The Hall–Kier alpha value is -1.84. The van der Waals surface area contributed by atoms with Crippen LogP contribution in [0.3, 0.4) is 0 Å². The molecular weight excluding hydrogens is 266 g/mol. The van der Waals surface area contributed by atoms with Crippen LogP contribution in [0.5, 0.6) is 0 Å². The van der Waals surface area contributed by atoms with Gasteiger partial charge in [0.05, 0.1) is 5.56 Å². The summed E-state index contributed by atoms with van der Waals surface area (Å²) in [6.07, 6.45) is 5.65. The van der Waals surface area contributed by atoms with Gasteiger partial charge in [0.15, 0.2) is 0 Å². The third-order valence-corrected chi connectivity index (χ3v) is 4.09. The number of nitrogens with zero attached hydrogens (tertiary/aromatic N) is 1. The van der Waals surface area contributed by atoms with Crippen molar-refractivity contribution < 1.29 is 14.7 Å². The highest BCUT2D eigenvalue weighted by Gasteiger charge is 2.23. The summed E-state index contributed by atoms with van der Waals surface area (Å²) in [6.45, 7) is 3.33. The van der Waals surface area contributed by atoms with Gasteiger partial charge in [-0.2, -0.15) is 0 Å². The van der Waals surface area contributed by atoms with Gasteiger partial charge in [-0.3, -0.25) is 4.79 Å². The van der Waals surface area contributed by atoms with Gasteiger partial charge in [0, 0.05) is 19.5 Å². The number of unbranched alkanes of at least 4 members (excludes halogenated alkanes) is 3. The first-order valence-electron chi connectivity index (χ1n) is 7.75. The summed E-state index contributed by atoms with van der Waals surface area (Å²) >= 11 is 0. The summed E-state index contributed by atoms with van der Waals surface area (Å²) in [7, 11) is 0. The Bertz CT molecular complexity index is 525. The minimum atomic E-state index is -0.883. The second-order valence-corrected chi connectivity index (χ2v) is 5.62. The van der Waals surface area contributed by atoms with Gasteiger partial charge in [-0.05, 0) is 30.0 Å². The molecule has 1 aromatic carbocycles. The van der Waals surface area contributed by atoms with Gasteiger partial charge in [-0.25, -0.2) is 4.79 Å². The van der Waals surface area contributed by atoms with Crippen LogP contribution in [-0.4, -0.2) is 28.4 Å². The number of carbonyl (C=O) groups excluding carboxylic acids is 1. The molecule has 1 aliphatic rings. The van der Waals surface area contributed by atoms with Gasteiger partial charge >= 0.3 is 5.97 Å². The van der Waals surface area contributed by atoms with Crippen molar-refractivity contribution in [3.63, 3.8) is 0 Å². The minimum absolute atomic E-state index is 0.192. The molecule has 0 saturated carbocycles. The van der Waals surface area contributed by atoms with E-state index < -0.39 is 5.97 Å². The second-order valence-electron chi connectivity index (χ2n) is 5.62. The van der Waals surface area contributed by atoms with Gasteiger partial charge in [0.2, 0.25) is 5.91 Å². The molecule has 1 N–H and O–H groups in total. The van der Waals surface area contributed by atoms with Crippen molar-refractivity contribution in [3.05, 3.63) is 34.9 Å². The van der Waals surface area contributed by atoms with Gasteiger partial charge in [0.25, 0.3) is 0 Å². The largest absolute Gasteiger partial charge is 0.478 e. The molecular formula is C17H23NO3. The molecule has 0 aliphatic carbocycles. The monoisotopic (exact) mass is 289 g/mol. The van der Waals surface area contributed by atoms with Crippen LogP contribution in [0.15, 0.2) is 18.2 Å². The molecule has 1 heterocycles. The van der Waals surface area contributed by atoms with E-state index in [1.54, 1.807) is 12.1 Å². The highest BCUT2D eigenvalue weighted by Crippen LogP contribution is 2.23. The number of carbonyl (C=O) groups is 2. The van der Waals surface area contributed by atoms with E-state index in [0.717, 1.165) is 24.0 Å². The van der Waals surface area contributed by atoms with E-state index in [0.29, 0.717) is 31.5 Å². The first-order chi connectivity index (χ1) is 10.1. The molecule has 0 saturated heterocycles. The molecule has 1 aromatic rings. The average Bonchev–Trinajstić information content (AvgIpc) is 2.50. The third kappa shape index (κ3) is 3.84. The van der Waals surface area contributed by atoms with E-state index in [9.17, 15) is 14.7 Å².